The molecule has 2 rings (SSSR count). The van der Waals surface area contributed by atoms with Gasteiger partial charge in [0, 0.05) is 4.88 Å². The first-order chi connectivity index (χ1) is 9.15. The minimum Gasteiger partial charge on any atom is -0.306 e. The first kappa shape index (κ1) is 14.5. The Morgan fingerprint density at radius 2 is 2.16 bits per heavy atom. The second-order valence-electron chi connectivity index (χ2n) is 4.50. The maximum absolute atomic E-state index is 13.6. The fourth-order valence-electron chi connectivity index (χ4n) is 2.06. The molecule has 0 radical (unpaired) electrons. The summed E-state index contributed by atoms with van der Waals surface area (Å²) in [4.78, 5) is 1.20. The monoisotopic (exact) mass is 297 g/mol. The summed E-state index contributed by atoms with van der Waals surface area (Å²) in [5.41, 5.74) is 2.01. The largest absolute Gasteiger partial charge is 0.306 e. The van der Waals surface area contributed by atoms with Gasteiger partial charge < -0.3 is 5.32 Å². The normalized spacial score (nSPS) is 12.6. The van der Waals surface area contributed by atoms with Crippen LogP contribution in [0.2, 0.25) is 5.02 Å². The molecule has 1 heterocycles. The highest BCUT2D eigenvalue weighted by molar-refractivity contribution is 7.10. The van der Waals surface area contributed by atoms with Crippen molar-refractivity contribution >= 4 is 22.9 Å². The molecule has 4 heteroatoms. The first-order valence-corrected chi connectivity index (χ1v) is 7.62. The standard InChI is InChI=1S/C15H17ClFNS/c1-3-8-18-14(15-10(2)7-9-19-15)11-5-4-6-12(17)13(11)16/h4-7,9,14,18H,3,8H2,1-2H3. The smallest absolute Gasteiger partial charge is 0.142 e. The van der Waals surface area contributed by atoms with Gasteiger partial charge in [0.05, 0.1) is 11.1 Å². The van der Waals surface area contributed by atoms with Crippen LogP contribution in [0.25, 0.3) is 0 Å². The molecular formula is C15H17ClFNS. The van der Waals surface area contributed by atoms with Crippen LogP contribution >= 0.6 is 22.9 Å². The Kier molecular flexibility index (Phi) is 4.97. The van der Waals surface area contributed by atoms with Crippen molar-refractivity contribution in [1.82, 2.24) is 5.32 Å². The van der Waals surface area contributed by atoms with E-state index in [9.17, 15) is 4.39 Å². The van der Waals surface area contributed by atoms with Crippen molar-refractivity contribution in [3.05, 3.63) is 56.5 Å². The highest BCUT2D eigenvalue weighted by atomic mass is 35.5. The summed E-state index contributed by atoms with van der Waals surface area (Å²) in [6, 6.07) is 7.03. The fraction of sp³-hybridized carbons (Fsp3) is 0.333. The van der Waals surface area contributed by atoms with Crippen LogP contribution in [0.3, 0.4) is 0 Å². The number of thiophene rings is 1. The predicted molar refractivity (Wildman–Crippen MR) is 80.6 cm³/mol. The number of halogens is 2. The zero-order valence-corrected chi connectivity index (χ0v) is 12.6. The molecule has 0 spiro atoms. The molecular weight excluding hydrogens is 281 g/mol. The highest BCUT2D eigenvalue weighted by Crippen LogP contribution is 2.34. The summed E-state index contributed by atoms with van der Waals surface area (Å²) >= 11 is 7.80. The molecule has 1 unspecified atom stereocenters. The van der Waals surface area contributed by atoms with Crippen molar-refractivity contribution in [2.45, 2.75) is 26.3 Å². The lowest BCUT2D eigenvalue weighted by molar-refractivity contribution is 0.590. The second-order valence-corrected chi connectivity index (χ2v) is 5.82. The van der Waals surface area contributed by atoms with Gasteiger partial charge in [-0.3, -0.25) is 0 Å². The van der Waals surface area contributed by atoms with Crippen LogP contribution < -0.4 is 5.32 Å². The van der Waals surface area contributed by atoms with Gasteiger partial charge in [-0.05, 0) is 48.5 Å². The van der Waals surface area contributed by atoms with Gasteiger partial charge in [-0.25, -0.2) is 4.39 Å². The van der Waals surface area contributed by atoms with Gasteiger partial charge in [0.1, 0.15) is 5.82 Å². The number of aryl methyl sites for hydroxylation is 1. The van der Waals surface area contributed by atoms with E-state index < -0.39 is 0 Å². The minimum absolute atomic E-state index is 0.0388. The third-order valence-corrected chi connectivity index (χ3v) is 4.54. The highest BCUT2D eigenvalue weighted by Gasteiger charge is 2.20. The molecule has 0 bridgehead atoms. The lowest BCUT2D eigenvalue weighted by atomic mass is 10.0. The van der Waals surface area contributed by atoms with Crippen LogP contribution in [0, 0.1) is 12.7 Å². The number of nitrogens with one attached hydrogen (secondary N) is 1. The summed E-state index contributed by atoms with van der Waals surface area (Å²) in [6.45, 7) is 5.05. The Morgan fingerprint density at radius 3 is 2.79 bits per heavy atom. The van der Waals surface area contributed by atoms with Crippen molar-refractivity contribution in [3.63, 3.8) is 0 Å². The molecule has 0 aliphatic heterocycles. The summed E-state index contributed by atoms with van der Waals surface area (Å²) in [7, 11) is 0. The van der Waals surface area contributed by atoms with Crippen LogP contribution in [0.1, 0.15) is 35.4 Å². The van der Waals surface area contributed by atoms with E-state index in [0.717, 1.165) is 18.5 Å². The lowest BCUT2D eigenvalue weighted by Gasteiger charge is -2.20. The van der Waals surface area contributed by atoms with Crippen LogP contribution in [0.5, 0.6) is 0 Å². The van der Waals surface area contributed by atoms with Gasteiger partial charge in [-0.1, -0.05) is 30.7 Å². The predicted octanol–water partition coefficient (Wildman–Crippen LogP) is 4.94. The quantitative estimate of drug-likeness (QED) is 0.824. The van der Waals surface area contributed by atoms with Gasteiger partial charge in [0.25, 0.3) is 0 Å². The van der Waals surface area contributed by atoms with Crippen molar-refractivity contribution in [2.75, 3.05) is 6.54 Å². The molecule has 1 N–H and O–H groups in total. The Bertz CT molecular complexity index is 553. The van der Waals surface area contributed by atoms with E-state index in [2.05, 4.69) is 30.6 Å². The molecule has 0 fully saturated rings. The van der Waals surface area contributed by atoms with Gasteiger partial charge in [0.15, 0.2) is 0 Å². The molecule has 102 valence electrons. The van der Waals surface area contributed by atoms with E-state index in [1.165, 1.54) is 16.5 Å². The zero-order chi connectivity index (χ0) is 13.8. The van der Waals surface area contributed by atoms with Crippen molar-refractivity contribution in [1.29, 1.82) is 0 Å². The minimum atomic E-state index is -0.364. The molecule has 0 saturated carbocycles. The molecule has 1 aromatic heterocycles. The van der Waals surface area contributed by atoms with Crippen LogP contribution in [0.15, 0.2) is 29.6 Å². The Hall–Kier alpha value is -0.900. The summed E-state index contributed by atoms with van der Waals surface area (Å²) in [5.74, 6) is -0.364. The van der Waals surface area contributed by atoms with Crippen LogP contribution in [-0.4, -0.2) is 6.54 Å². The van der Waals surface area contributed by atoms with E-state index in [1.807, 2.05) is 6.07 Å². The average Bonchev–Trinajstić information content (AvgIpc) is 2.81. The maximum Gasteiger partial charge on any atom is 0.142 e. The van der Waals surface area contributed by atoms with E-state index in [1.54, 1.807) is 17.4 Å². The topological polar surface area (TPSA) is 12.0 Å². The molecule has 0 aliphatic carbocycles. The maximum atomic E-state index is 13.6. The summed E-state index contributed by atoms with van der Waals surface area (Å²) in [6.07, 6.45) is 1.02. The Labute approximate surface area is 122 Å². The fourth-order valence-corrected chi connectivity index (χ4v) is 3.31. The third-order valence-electron chi connectivity index (χ3n) is 3.05. The SMILES string of the molecule is CCCNC(c1cccc(F)c1Cl)c1sccc1C. The lowest BCUT2D eigenvalue weighted by Crippen LogP contribution is -2.23. The van der Waals surface area contributed by atoms with Gasteiger partial charge in [-0.2, -0.15) is 0 Å². The van der Waals surface area contributed by atoms with Gasteiger partial charge in [0.2, 0.25) is 0 Å². The summed E-state index contributed by atoms with van der Waals surface area (Å²) < 4.78 is 13.6. The number of benzene rings is 1. The van der Waals surface area contributed by atoms with E-state index in [4.69, 9.17) is 11.6 Å². The van der Waals surface area contributed by atoms with Crippen LogP contribution in [0.4, 0.5) is 4.39 Å². The summed E-state index contributed by atoms with van der Waals surface area (Å²) in [5, 5.41) is 5.72. The van der Waals surface area contributed by atoms with Gasteiger partial charge >= 0.3 is 0 Å². The van der Waals surface area contributed by atoms with E-state index in [-0.39, 0.29) is 16.9 Å². The zero-order valence-electron chi connectivity index (χ0n) is 11.0. The molecule has 2 aromatic rings. The number of hydrogen-bond donors (Lipinski definition) is 1. The molecule has 1 aromatic carbocycles. The third kappa shape index (κ3) is 3.16. The van der Waals surface area contributed by atoms with E-state index in [0.29, 0.717) is 0 Å². The molecule has 0 aliphatic rings. The van der Waals surface area contributed by atoms with Crippen LogP contribution in [-0.2, 0) is 0 Å². The number of hydrogen-bond acceptors (Lipinski definition) is 2. The second kappa shape index (κ2) is 6.51. The Balaban J connectivity index is 2.43. The van der Waals surface area contributed by atoms with Crippen molar-refractivity contribution < 1.29 is 4.39 Å². The molecule has 0 amide bonds. The number of rotatable bonds is 5. The van der Waals surface area contributed by atoms with Crippen molar-refractivity contribution in [2.24, 2.45) is 0 Å². The molecule has 19 heavy (non-hydrogen) atoms. The van der Waals surface area contributed by atoms with Gasteiger partial charge in [-0.15, -0.1) is 11.3 Å². The average molecular weight is 298 g/mol. The first-order valence-electron chi connectivity index (χ1n) is 6.36. The molecule has 0 saturated heterocycles. The van der Waals surface area contributed by atoms with Crippen molar-refractivity contribution in [3.8, 4) is 0 Å². The Morgan fingerprint density at radius 1 is 1.37 bits per heavy atom. The van der Waals surface area contributed by atoms with E-state index >= 15 is 0 Å². The molecule has 1 atom stereocenters. The molecule has 1 nitrogen and oxygen atoms in total.